The second kappa shape index (κ2) is 4.56. The van der Waals surface area contributed by atoms with E-state index in [0.29, 0.717) is 0 Å². The van der Waals surface area contributed by atoms with Crippen molar-refractivity contribution >= 4 is 0 Å². The SMILES string of the molecule is Cc1ccc(C2(CCCO)COC2)c(C)c1. The predicted molar refractivity (Wildman–Crippen MR) is 64.7 cm³/mol. The quantitative estimate of drug-likeness (QED) is 0.844. The smallest absolute Gasteiger partial charge is 0.0585 e. The molecule has 1 N–H and O–H groups in total. The lowest BCUT2D eigenvalue weighted by atomic mass is 9.73. The van der Waals surface area contributed by atoms with Gasteiger partial charge in [-0.25, -0.2) is 0 Å². The van der Waals surface area contributed by atoms with Crippen LogP contribution >= 0.6 is 0 Å². The highest BCUT2D eigenvalue weighted by atomic mass is 16.5. The van der Waals surface area contributed by atoms with Crippen molar-refractivity contribution in [3.63, 3.8) is 0 Å². The van der Waals surface area contributed by atoms with Crippen LogP contribution in [0.1, 0.15) is 29.5 Å². The number of benzene rings is 1. The zero-order valence-corrected chi connectivity index (χ0v) is 10.1. The summed E-state index contributed by atoms with van der Waals surface area (Å²) in [6, 6.07) is 6.63. The molecule has 0 aromatic heterocycles. The highest BCUT2D eigenvalue weighted by Crippen LogP contribution is 2.38. The van der Waals surface area contributed by atoms with Crippen LogP contribution in [-0.2, 0) is 10.2 Å². The van der Waals surface area contributed by atoms with Crippen LogP contribution in [0.25, 0.3) is 0 Å². The van der Waals surface area contributed by atoms with Gasteiger partial charge in [0.25, 0.3) is 0 Å². The van der Waals surface area contributed by atoms with E-state index in [0.717, 1.165) is 26.1 Å². The van der Waals surface area contributed by atoms with Gasteiger partial charge in [-0.1, -0.05) is 23.8 Å². The van der Waals surface area contributed by atoms with E-state index in [2.05, 4.69) is 32.0 Å². The summed E-state index contributed by atoms with van der Waals surface area (Å²) in [5, 5.41) is 8.97. The molecule has 0 aliphatic carbocycles. The zero-order valence-electron chi connectivity index (χ0n) is 10.1. The molecule has 16 heavy (non-hydrogen) atoms. The minimum Gasteiger partial charge on any atom is -0.396 e. The Morgan fingerprint density at radius 2 is 2.06 bits per heavy atom. The standard InChI is InChI=1S/C14H20O2/c1-11-4-5-13(12(2)8-11)14(6-3-7-15)9-16-10-14/h4-5,8,15H,3,6-7,9-10H2,1-2H3. The molecule has 0 radical (unpaired) electrons. The third-order valence-electron chi connectivity index (χ3n) is 3.52. The van der Waals surface area contributed by atoms with Crippen molar-refractivity contribution in [2.45, 2.75) is 32.1 Å². The van der Waals surface area contributed by atoms with Crippen LogP contribution in [0.5, 0.6) is 0 Å². The molecule has 88 valence electrons. The highest BCUT2D eigenvalue weighted by molar-refractivity contribution is 5.38. The molecule has 0 atom stereocenters. The Balaban J connectivity index is 2.26. The van der Waals surface area contributed by atoms with Gasteiger partial charge in [-0.3, -0.25) is 0 Å². The Hall–Kier alpha value is -0.860. The zero-order chi connectivity index (χ0) is 11.6. The molecular weight excluding hydrogens is 200 g/mol. The summed E-state index contributed by atoms with van der Waals surface area (Å²) in [5.74, 6) is 0. The predicted octanol–water partition coefficient (Wildman–Crippen LogP) is 2.34. The molecule has 2 rings (SSSR count). The number of aryl methyl sites for hydroxylation is 2. The number of hydrogen-bond donors (Lipinski definition) is 1. The topological polar surface area (TPSA) is 29.5 Å². The molecule has 2 nitrogen and oxygen atoms in total. The van der Waals surface area contributed by atoms with Gasteiger partial charge in [0.1, 0.15) is 0 Å². The molecule has 0 unspecified atom stereocenters. The number of aliphatic hydroxyl groups is 1. The van der Waals surface area contributed by atoms with Crippen molar-refractivity contribution in [1.82, 2.24) is 0 Å². The van der Waals surface area contributed by atoms with Crippen molar-refractivity contribution in [2.75, 3.05) is 19.8 Å². The molecule has 0 amide bonds. The van der Waals surface area contributed by atoms with Crippen molar-refractivity contribution < 1.29 is 9.84 Å². The summed E-state index contributed by atoms with van der Waals surface area (Å²) in [7, 11) is 0. The number of rotatable bonds is 4. The molecule has 1 aliphatic rings. The average molecular weight is 220 g/mol. The number of aliphatic hydroxyl groups excluding tert-OH is 1. The lowest BCUT2D eigenvalue weighted by Crippen LogP contribution is -2.47. The van der Waals surface area contributed by atoms with E-state index in [9.17, 15) is 0 Å². The monoisotopic (exact) mass is 220 g/mol. The molecule has 1 aliphatic heterocycles. The van der Waals surface area contributed by atoms with E-state index >= 15 is 0 Å². The van der Waals surface area contributed by atoms with E-state index < -0.39 is 0 Å². The van der Waals surface area contributed by atoms with Gasteiger partial charge in [-0.2, -0.15) is 0 Å². The van der Waals surface area contributed by atoms with Gasteiger partial charge in [0.05, 0.1) is 13.2 Å². The Morgan fingerprint density at radius 3 is 2.56 bits per heavy atom. The number of ether oxygens (including phenoxy) is 1. The fourth-order valence-corrected chi connectivity index (χ4v) is 2.61. The fourth-order valence-electron chi connectivity index (χ4n) is 2.61. The summed E-state index contributed by atoms with van der Waals surface area (Å²) in [5.41, 5.74) is 4.22. The largest absolute Gasteiger partial charge is 0.396 e. The minimum absolute atomic E-state index is 0.167. The maximum atomic E-state index is 8.97. The molecule has 0 bridgehead atoms. The second-order valence-corrected chi connectivity index (χ2v) is 4.92. The first kappa shape index (κ1) is 11.6. The minimum atomic E-state index is 0.167. The van der Waals surface area contributed by atoms with E-state index in [1.807, 2.05) is 0 Å². The van der Waals surface area contributed by atoms with Crippen LogP contribution in [0.4, 0.5) is 0 Å². The van der Waals surface area contributed by atoms with E-state index in [1.165, 1.54) is 16.7 Å². The van der Waals surface area contributed by atoms with Crippen molar-refractivity contribution in [3.8, 4) is 0 Å². The molecule has 1 heterocycles. The molecule has 1 fully saturated rings. The molecule has 1 saturated heterocycles. The Bertz CT molecular complexity index is 367. The summed E-state index contributed by atoms with van der Waals surface area (Å²) in [6.07, 6.45) is 1.88. The van der Waals surface area contributed by atoms with Crippen LogP contribution in [-0.4, -0.2) is 24.9 Å². The Labute approximate surface area is 97.3 Å². The average Bonchev–Trinajstić information content (AvgIpc) is 2.19. The van der Waals surface area contributed by atoms with E-state index in [-0.39, 0.29) is 12.0 Å². The van der Waals surface area contributed by atoms with Crippen LogP contribution < -0.4 is 0 Å². The highest BCUT2D eigenvalue weighted by Gasteiger charge is 2.40. The molecule has 0 saturated carbocycles. The first-order valence-electron chi connectivity index (χ1n) is 5.94. The van der Waals surface area contributed by atoms with Crippen LogP contribution in [0.3, 0.4) is 0 Å². The van der Waals surface area contributed by atoms with Gasteiger partial charge < -0.3 is 9.84 Å². The molecular formula is C14H20O2. The van der Waals surface area contributed by atoms with Crippen LogP contribution in [0, 0.1) is 13.8 Å². The molecule has 0 spiro atoms. The summed E-state index contributed by atoms with van der Waals surface area (Å²) in [4.78, 5) is 0. The van der Waals surface area contributed by atoms with Crippen molar-refractivity contribution in [2.24, 2.45) is 0 Å². The van der Waals surface area contributed by atoms with Gasteiger partial charge in [0, 0.05) is 12.0 Å². The van der Waals surface area contributed by atoms with E-state index in [4.69, 9.17) is 9.84 Å². The lowest BCUT2D eigenvalue weighted by molar-refractivity contribution is -0.0668. The van der Waals surface area contributed by atoms with Crippen LogP contribution in [0.2, 0.25) is 0 Å². The van der Waals surface area contributed by atoms with Crippen molar-refractivity contribution in [1.29, 1.82) is 0 Å². The molecule has 1 aromatic rings. The third kappa shape index (κ3) is 2.00. The third-order valence-corrected chi connectivity index (χ3v) is 3.52. The molecule has 2 heteroatoms. The first-order valence-corrected chi connectivity index (χ1v) is 5.94. The summed E-state index contributed by atoms with van der Waals surface area (Å²) < 4.78 is 5.39. The lowest BCUT2D eigenvalue weighted by Gasteiger charge is -2.43. The van der Waals surface area contributed by atoms with Crippen molar-refractivity contribution in [3.05, 3.63) is 34.9 Å². The van der Waals surface area contributed by atoms with Gasteiger partial charge in [0.15, 0.2) is 0 Å². The summed E-state index contributed by atoms with van der Waals surface area (Å²) in [6.45, 7) is 6.16. The van der Waals surface area contributed by atoms with Gasteiger partial charge in [0.2, 0.25) is 0 Å². The van der Waals surface area contributed by atoms with Crippen LogP contribution in [0.15, 0.2) is 18.2 Å². The van der Waals surface area contributed by atoms with Gasteiger partial charge >= 0.3 is 0 Å². The fraction of sp³-hybridized carbons (Fsp3) is 0.571. The molecule has 1 aromatic carbocycles. The van der Waals surface area contributed by atoms with Gasteiger partial charge in [-0.15, -0.1) is 0 Å². The maximum Gasteiger partial charge on any atom is 0.0585 e. The Kier molecular flexibility index (Phi) is 3.31. The van der Waals surface area contributed by atoms with Gasteiger partial charge in [-0.05, 0) is 37.8 Å². The summed E-state index contributed by atoms with van der Waals surface area (Å²) >= 11 is 0. The second-order valence-electron chi connectivity index (χ2n) is 4.92. The maximum absolute atomic E-state index is 8.97. The Morgan fingerprint density at radius 1 is 1.31 bits per heavy atom. The first-order chi connectivity index (χ1) is 7.68. The number of hydrogen-bond acceptors (Lipinski definition) is 2. The van der Waals surface area contributed by atoms with E-state index in [1.54, 1.807) is 0 Å². The normalized spacial score (nSPS) is 18.2.